The first-order valence-corrected chi connectivity index (χ1v) is 8.44. The molecule has 0 saturated carbocycles. The van der Waals surface area contributed by atoms with Gasteiger partial charge >= 0.3 is 5.97 Å². The van der Waals surface area contributed by atoms with E-state index in [-0.39, 0.29) is 24.4 Å². The van der Waals surface area contributed by atoms with Crippen LogP contribution in [0.5, 0.6) is 5.75 Å². The predicted octanol–water partition coefficient (Wildman–Crippen LogP) is 0.541. The summed E-state index contributed by atoms with van der Waals surface area (Å²) >= 11 is 0. The number of carbonyl (C=O) groups is 1. The summed E-state index contributed by atoms with van der Waals surface area (Å²) in [6.45, 7) is 2.18. The maximum Gasteiger partial charge on any atom is 0.310 e. The van der Waals surface area contributed by atoms with E-state index in [1.165, 1.54) is 12.1 Å². The lowest BCUT2D eigenvalue weighted by molar-refractivity contribution is -0.147. The van der Waals surface area contributed by atoms with Gasteiger partial charge in [0.2, 0.25) is 10.0 Å². The molecule has 0 aromatic heterocycles. The fourth-order valence-corrected chi connectivity index (χ4v) is 3.88. The van der Waals surface area contributed by atoms with Crippen LogP contribution in [0.2, 0.25) is 0 Å². The van der Waals surface area contributed by atoms with E-state index in [0.717, 1.165) is 4.31 Å². The van der Waals surface area contributed by atoms with Crippen LogP contribution in [-0.2, 0) is 14.8 Å². The smallest absolute Gasteiger partial charge is 0.310 e. The molecule has 0 bridgehead atoms. The van der Waals surface area contributed by atoms with Crippen LogP contribution >= 0.6 is 0 Å². The number of benzene rings is 1. The number of aliphatic hydroxyl groups is 1. The zero-order valence-electron chi connectivity index (χ0n) is 12.2. The van der Waals surface area contributed by atoms with Crippen molar-refractivity contribution in [1.82, 2.24) is 4.31 Å². The maximum atomic E-state index is 12.5. The Kier molecular flexibility index (Phi) is 5.05. The largest absolute Gasteiger partial charge is 0.494 e. The number of nitrogens with zero attached hydrogens (tertiary/aromatic N) is 1. The second-order valence-electron chi connectivity index (χ2n) is 5.07. The minimum absolute atomic E-state index is 0.0801. The van der Waals surface area contributed by atoms with Gasteiger partial charge in [0.1, 0.15) is 5.75 Å². The summed E-state index contributed by atoms with van der Waals surface area (Å²) in [5.74, 6) is -1.73. The highest BCUT2D eigenvalue weighted by molar-refractivity contribution is 7.89. The monoisotopic (exact) mass is 329 g/mol. The Hall–Kier alpha value is -1.64. The first-order chi connectivity index (χ1) is 10.4. The summed E-state index contributed by atoms with van der Waals surface area (Å²) in [5, 5.41) is 18.7. The Morgan fingerprint density at radius 3 is 2.55 bits per heavy atom. The number of rotatable bonds is 5. The van der Waals surface area contributed by atoms with Crippen LogP contribution in [0.25, 0.3) is 0 Å². The molecule has 1 aromatic carbocycles. The summed E-state index contributed by atoms with van der Waals surface area (Å²) in [4.78, 5) is 11.2. The van der Waals surface area contributed by atoms with Crippen molar-refractivity contribution in [3.8, 4) is 5.75 Å². The molecule has 122 valence electrons. The molecule has 1 heterocycles. The van der Waals surface area contributed by atoms with Crippen molar-refractivity contribution >= 4 is 16.0 Å². The number of hydrogen-bond acceptors (Lipinski definition) is 5. The molecular weight excluding hydrogens is 310 g/mol. The Bertz CT molecular complexity index is 627. The van der Waals surface area contributed by atoms with E-state index >= 15 is 0 Å². The summed E-state index contributed by atoms with van der Waals surface area (Å²) < 4.78 is 31.5. The predicted molar refractivity (Wildman–Crippen MR) is 78.1 cm³/mol. The van der Waals surface area contributed by atoms with Gasteiger partial charge in [-0.1, -0.05) is 0 Å². The number of carboxylic acids is 1. The van der Waals surface area contributed by atoms with Crippen molar-refractivity contribution in [2.75, 3.05) is 19.7 Å². The molecule has 1 aliphatic heterocycles. The minimum Gasteiger partial charge on any atom is -0.494 e. The highest BCUT2D eigenvalue weighted by Crippen LogP contribution is 2.25. The van der Waals surface area contributed by atoms with Crippen molar-refractivity contribution in [2.45, 2.75) is 24.3 Å². The van der Waals surface area contributed by atoms with Gasteiger partial charge in [-0.15, -0.1) is 0 Å². The van der Waals surface area contributed by atoms with Gasteiger partial charge in [0, 0.05) is 13.1 Å². The van der Waals surface area contributed by atoms with Gasteiger partial charge in [0.15, 0.2) is 0 Å². The summed E-state index contributed by atoms with van der Waals surface area (Å²) in [6, 6.07) is 5.98. The quantitative estimate of drug-likeness (QED) is 0.817. The Morgan fingerprint density at radius 2 is 2.00 bits per heavy atom. The van der Waals surface area contributed by atoms with Crippen LogP contribution in [-0.4, -0.2) is 54.7 Å². The molecular formula is C14H19NO6S. The minimum atomic E-state index is -3.78. The average molecular weight is 329 g/mol. The van der Waals surface area contributed by atoms with Crippen LogP contribution in [0.3, 0.4) is 0 Å². The van der Waals surface area contributed by atoms with Crippen LogP contribution < -0.4 is 4.74 Å². The lowest BCUT2D eigenvalue weighted by Gasteiger charge is -2.33. The molecule has 2 atom stereocenters. The van der Waals surface area contributed by atoms with Crippen molar-refractivity contribution in [1.29, 1.82) is 0 Å². The molecule has 1 saturated heterocycles. The van der Waals surface area contributed by atoms with Crippen molar-refractivity contribution in [2.24, 2.45) is 5.92 Å². The molecule has 22 heavy (non-hydrogen) atoms. The Labute approximate surface area is 129 Å². The van der Waals surface area contributed by atoms with Crippen LogP contribution in [0.4, 0.5) is 0 Å². The van der Waals surface area contributed by atoms with Crippen LogP contribution in [0.1, 0.15) is 13.3 Å². The number of hydrogen-bond donors (Lipinski definition) is 2. The number of aliphatic hydroxyl groups excluding tert-OH is 1. The molecule has 0 amide bonds. The highest BCUT2D eigenvalue weighted by atomic mass is 32.2. The molecule has 1 aromatic rings. The normalized spacial score (nSPS) is 23.2. The molecule has 7 nitrogen and oxygen atoms in total. The van der Waals surface area contributed by atoms with Gasteiger partial charge in [-0.3, -0.25) is 4.79 Å². The number of ether oxygens (including phenoxy) is 1. The van der Waals surface area contributed by atoms with Crippen molar-refractivity contribution < 1.29 is 28.2 Å². The van der Waals surface area contributed by atoms with Gasteiger partial charge in [0.05, 0.1) is 23.5 Å². The topological polar surface area (TPSA) is 104 Å². The zero-order valence-corrected chi connectivity index (χ0v) is 13.0. The first kappa shape index (κ1) is 16.7. The lowest BCUT2D eigenvalue weighted by Crippen LogP contribution is -2.48. The van der Waals surface area contributed by atoms with Crippen LogP contribution in [0.15, 0.2) is 29.2 Å². The van der Waals surface area contributed by atoms with E-state index in [0.29, 0.717) is 12.4 Å². The standard InChI is InChI=1S/C14H19NO6S/c1-2-21-10-3-5-11(6-4-10)22(19,20)15-8-7-13(16)12(9-15)14(17)18/h3-6,12-13,16H,2,7-9H2,1H3,(H,17,18)/t12-,13-/m0/s1. The third kappa shape index (κ3) is 3.40. The molecule has 1 fully saturated rings. The molecule has 0 radical (unpaired) electrons. The maximum absolute atomic E-state index is 12.5. The van der Waals surface area contributed by atoms with Gasteiger partial charge in [0.25, 0.3) is 0 Å². The summed E-state index contributed by atoms with van der Waals surface area (Å²) in [7, 11) is -3.78. The second-order valence-corrected chi connectivity index (χ2v) is 7.01. The lowest BCUT2D eigenvalue weighted by atomic mass is 9.96. The second kappa shape index (κ2) is 6.64. The third-order valence-electron chi connectivity index (χ3n) is 3.63. The molecule has 0 aliphatic carbocycles. The van der Waals surface area contributed by atoms with Gasteiger partial charge in [-0.25, -0.2) is 8.42 Å². The molecule has 0 spiro atoms. The van der Waals surface area contributed by atoms with E-state index in [1.807, 2.05) is 6.92 Å². The average Bonchev–Trinajstić information content (AvgIpc) is 2.48. The van der Waals surface area contributed by atoms with Crippen LogP contribution in [0, 0.1) is 5.92 Å². The van der Waals surface area contributed by atoms with E-state index in [4.69, 9.17) is 9.84 Å². The zero-order chi connectivity index (χ0) is 16.3. The van der Waals surface area contributed by atoms with Gasteiger partial charge in [-0.2, -0.15) is 4.31 Å². The van der Waals surface area contributed by atoms with E-state index in [1.54, 1.807) is 12.1 Å². The van der Waals surface area contributed by atoms with Crippen molar-refractivity contribution in [3.63, 3.8) is 0 Å². The molecule has 2 N–H and O–H groups in total. The number of aliphatic carboxylic acids is 1. The highest BCUT2D eigenvalue weighted by Gasteiger charge is 2.38. The Balaban J connectivity index is 2.20. The molecule has 0 unspecified atom stereocenters. The van der Waals surface area contributed by atoms with Gasteiger partial charge < -0.3 is 14.9 Å². The Morgan fingerprint density at radius 1 is 1.36 bits per heavy atom. The summed E-state index contributed by atoms with van der Waals surface area (Å²) in [5.41, 5.74) is 0. The molecule has 1 aliphatic rings. The van der Waals surface area contributed by atoms with Gasteiger partial charge in [-0.05, 0) is 37.6 Å². The number of carboxylic acid groups (broad SMARTS) is 1. The van der Waals surface area contributed by atoms with E-state index in [9.17, 15) is 18.3 Å². The van der Waals surface area contributed by atoms with E-state index < -0.39 is 28.0 Å². The van der Waals surface area contributed by atoms with Crippen molar-refractivity contribution in [3.05, 3.63) is 24.3 Å². The SMILES string of the molecule is CCOc1ccc(S(=O)(=O)N2CC[C@H](O)[C@@H](C(=O)O)C2)cc1. The fourth-order valence-electron chi connectivity index (χ4n) is 2.39. The fraction of sp³-hybridized carbons (Fsp3) is 0.500. The number of sulfonamides is 1. The van der Waals surface area contributed by atoms with E-state index in [2.05, 4.69) is 0 Å². The molecule has 2 rings (SSSR count). The first-order valence-electron chi connectivity index (χ1n) is 7.00. The third-order valence-corrected chi connectivity index (χ3v) is 5.51. The number of piperidine rings is 1. The summed E-state index contributed by atoms with van der Waals surface area (Å²) in [6.07, 6.45) is -0.919. The molecule has 8 heteroatoms.